The Bertz CT molecular complexity index is 476. The number of hydrogen-bond acceptors (Lipinski definition) is 3. The molecule has 5 nitrogen and oxygen atoms in total. The van der Waals surface area contributed by atoms with Gasteiger partial charge in [-0.25, -0.2) is 4.79 Å². The Kier molecular flexibility index (Phi) is 7.36. The van der Waals surface area contributed by atoms with E-state index in [4.69, 9.17) is 5.11 Å². The summed E-state index contributed by atoms with van der Waals surface area (Å²) in [4.78, 5) is 14.3. The van der Waals surface area contributed by atoms with E-state index in [0.717, 1.165) is 43.7 Å². The van der Waals surface area contributed by atoms with Gasteiger partial charge in [-0.3, -0.25) is 0 Å². The first-order valence-electron chi connectivity index (χ1n) is 8.64. The molecular formula is C18H29N3O2. The molecule has 3 N–H and O–H groups in total. The first kappa shape index (κ1) is 17.8. The average Bonchev–Trinajstić information content (AvgIpc) is 3.02. The second-order valence-corrected chi connectivity index (χ2v) is 6.32. The van der Waals surface area contributed by atoms with Gasteiger partial charge in [0.05, 0.1) is 6.61 Å². The molecule has 1 unspecified atom stereocenters. The van der Waals surface area contributed by atoms with Gasteiger partial charge in [0.2, 0.25) is 0 Å². The summed E-state index contributed by atoms with van der Waals surface area (Å²) in [5.41, 5.74) is 2.07. The molecule has 1 atom stereocenters. The van der Waals surface area contributed by atoms with E-state index in [9.17, 15) is 4.79 Å². The summed E-state index contributed by atoms with van der Waals surface area (Å²) < 4.78 is 0. The van der Waals surface area contributed by atoms with E-state index in [1.54, 1.807) is 0 Å². The summed E-state index contributed by atoms with van der Waals surface area (Å²) >= 11 is 0. The third-order valence-electron chi connectivity index (χ3n) is 4.37. The Morgan fingerprint density at radius 2 is 2.00 bits per heavy atom. The smallest absolute Gasteiger partial charge is 0.314 e. The number of nitrogens with one attached hydrogen (secondary N) is 2. The molecule has 1 heterocycles. The number of carbonyl (C=O) groups is 1. The second kappa shape index (κ2) is 9.53. The van der Waals surface area contributed by atoms with Crippen LogP contribution < -0.4 is 10.6 Å². The van der Waals surface area contributed by atoms with Gasteiger partial charge in [-0.05, 0) is 49.4 Å². The van der Waals surface area contributed by atoms with Crippen LogP contribution in [-0.2, 0) is 13.0 Å². The van der Waals surface area contributed by atoms with E-state index in [2.05, 4.69) is 22.5 Å². The lowest BCUT2D eigenvalue weighted by atomic mass is 10.1. The number of aliphatic hydroxyl groups excluding tert-OH is 1. The van der Waals surface area contributed by atoms with Crippen molar-refractivity contribution in [1.29, 1.82) is 0 Å². The molecule has 0 bridgehead atoms. The highest BCUT2D eigenvalue weighted by molar-refractivity contribution is 5.73. The van der Waals surface area contributed by atoms with Crippen LogP contribution >= 0.6 is 0 Å². The van der Waals surface area contributed by atoms with Crippen LogP contribution in [0.25, 0.3) is 0 Å². The maximum Gasteiger partial charge on any atom is 0.314 e. The van der Waals surface area contributed by atoms with Crippen LogP contribution in [0.2, 0.25) is 0 Å². The Morgan fingerprint density at radius 3 is 2.70 bits per heavy atom. The number of aliphatic hydroxyl groups is 1. The van der Waals surface area contributed by atoms with Crippen LogP contribution in [0.15, 0.2) is 24.3 Å². The number of benzene rings is 1. The standard InChI is InChI=1S/C18H29N3O2/c1-2-10-21-11-8-17(13-21)12-20-18(23)19-9-7-15-3-5-16(14-22)6-4-15/h3-6,17,22H,2,7-14H2,1H3,(H2,19,20,23). The monoisotopic (exact) mass is 319 g/mol. The van der Waals surface area contributed by atoms with Gasteiger partial charge in [0, 0.05) is 19.6 Å². The number of likely N-dealkylation sites (tertiary alicyclic amines) is 1. The van der Waals surface area contributed by atoms with E-state index < -0.39 is 0 Å². The molecule has 1 aliphatic heterocycles. The minimum atomic E-state index is -0.0779. The van der Waals surface area contributed by atoms with E-state index in [-0.39, 0.29) is 12.6 Å². The number of urea groups is 1. The zero-order valence-corrected chi connectivity index (χ0v) is 14.1. The summed E-state index contributed by atoms with van der Waals surface area (Å²) in [5, 5.41) is 14.9. The number of nitrogens with zero attached hydrogens (tertiary/aromatic N) is 1. The predicted molar refractivity (Wildman–Crippen MR) is 92.3 cm³/mol. The molecule has 1 aromatic carbocycles. The molecule has 2 rings (SSSR count). The van der Waals surface area contributed by atoms with E-state index in [1.807, 2.05) is 24.3 Å². The van der Waals surface area contributed by atoms with Crippen molar-refractivity contribution < 1.29 is 9.90 Å². The zero-order chi connectivity index (χ0) is 16.5. The summed E-state index contributed by atoms with van der Waals surface area (Å²) in [6.45, 7) is 7.08. The molecule has 0 aromatic heterocycles. The Balaban J connectivity index is 1.58. The molecule has 0 radical (unpaired) electrons. The van der Waals surface area contributed by atoms with Crippen LogP contribution in [0.3, 0.4) is 0 Å². The van der Waals surface area contributed by atoms with E-state index in [0.29, 0.717) is 12.5 Å². The molecule has 0 aliphatic carbocycles. The van der Waals surface area contributed by atoms with E-state index >= 15 is 0 Å². The fourth-order valence-corrected chi connectivity index (χ4v) is 3.03. The fraction of sp³-hybridized carbons (Fsp3) is 0.611. The van der Waals surface area contributed by atoms with Crippen LogP contribution in [0, 0.1) is 5.92 Å². The first-order chi connectivity index (χ1) is 11.2. The third kappa shape index (κ3) is 6.20. The third-order valence-corrected chi connectivity index (χ3v) is 4.37. The summed E-state index contributed by atoms with van der Waals surface area (Å²) in [6, 6.07) is 7.73. The van der Waals surface area contributed by atoms with Gasteiger partial charge in [0.1, 0.15) is 0 Å². The average molecular weight is 319 g/mol. The van der Waals surface area contributed by atoms with Crippen molar-refractivity contribution in [1.82, 2.24) is 15.5 Å². The largest absolute Gasteiger partial charge is 0.392 e. The Labute approximate surface area is 139 Å². The lowest BCUT2D eigenvalue weighted by molar-refractivity contribution is 0.238. The van der Waals surface area contributed by atoms with Crippen molar-refractivity contribution >= 4 is 6.03 Å². The normalized spacial score (nSPS) is 18.1. The number of hydrogen-bond donors (Lipinski definition) is 3. The Morgan fingerprint density at radius 1 is 1.26 bits per heavy atom. The molecule has 0 saturated carbocycles. The van der Waals surface area contributed by atoms with Crippen LogP contribution in [0.1, 0.15) is 30.9 Å². The minimum Gasteiger partial charge on any atom is -0.392 e. The van der Waals surface area contributed by atoms with Gasteiger partial charge < -0.3 is 20.6 Å². The molecule has 1 aromatic rings. The predicted octanol–water partition coefficient (Wildman–Crippen LogP) is 1.75. The summed E-state index contributed by atoms with van der Waals surface area (Å²) in [7, 11) is 0. The molecule has 23 heavy (non-hydrogen) atoms. The van der Waals surface area contributed by atoms with Crippen molar-refractivity contribution in [2.75, 3.05) is 32.7 Å². The Hall–Kier alpha value is -1.59. The molecule has 1 fully saturated rings. The molecule has 128 valence electrons. The van der Waals surface area contributed by atoms with Gasteiger partial charge in [0.15, 0.2) is 0 Å². The summed E-state index contributed by atoms with van der Waals surface area (Å²) in [5.74, 6) is 0.582. The van der Waals surface area contributed by atoms with Gasteiger partial charge in [-0.1, -0.05) is 31.2 Å². The first-order valence-corrected chi connectivity index (χ1v) is 8.64. The fourth-order valence-electron chi connectivity index (χ4n) is 3.03. The van der Waals surface area contributed by atoms with Gasteiger partial charge >= 0.3 is 6.03 Å². The molecule has 2 amide bonds. The number of amides is 2. The van der Waals surface area contributed by atoms with Crippen LogP contribution in [0.4, 0.5) is 4.79 Å². The van der Waals surface area contributed by atoms with Crippen molar-refractivity contribution in [3.8, 4) is 0 Å². The van der Waals surface area contributed by atoms with Crippen molar-refractivity contribution in [3.05, 3.63) is 35.4 Å². The molecule has 1 saturated heterocycles. The quantitative estimate of drug-likeness (QED) is 0.684. The topological polar surface area (TPSA) is 64.6 Å². The van der Waals surface area contributed by atoms with Gasteiger partial charge in [-0.2, -0.15) is 0 Å². The molecule has 5 heteroatoms. The van der Waals surface area contributed by atoms with E-state index in [1.165, 1.54) is 12.8 Å². The van der Waals surface area contributed by atoms with Gasteiger partial charge in [0.25, 0.3) is 0 Å². The highest BCUT2D eigenvalue weighted by Crippen LogP contribution is 2.15. The van der Waals surface area contributed by atoms with Gasteiger partial charge in [-0.15, -0.1) is 0 Å². The molecule has 1 aliphatic rings. The maximum atomic E-state index is 11.8. The number of rotatable bonds is 8. The molecule has 0 spiro atoms. The van der Waals surface area contributed by atoms with Crippen molar-refractivity contribution in [2.24, 2.45) is 5.92 Å². The van der Waals surface area contributed by atoms with Crippen molar-refractivity contribution in [3.63, 3.8) is 0 Å². The lowest BCUT2D eigenvalue weighted by Gasteiger charge is -2.15. The highest BCUT2D eigenvalue weighted by Gasteiger charge is 2.21. The minimum absolute atomic E-state index is 0.0672. The second-order valence-electron chi connectivity index (χ2n) is 6.32. The summed E-state index contributed by atoms with van der Waals surface area (Å²) in [6.07, 6.45) is 3.17. The molecular weight excluding hydrogens is 290 g/mol. The van der Waals surface area contributed by atoms with Crippen molar-refractivity contribution in [2.45, 2.75) is 32.8 Å². The zero-order valence-electron chi connectivity index (χ0n) is 14.1. The number of carbonyl (C=O) groups excluding carboxylic acids is 1. The van der Waals surface area contributed by atoms with Crippen LogP contribution in [0.5, 0.6) is 0 Å². The highest BCUT2D eigenvalue weighted by atomic mass is 16.3. The maximum absolute atomic E-state index is 11.8. The lowest BCUT2D eigenvalue weighted by Crippen LogP contribution is -2.39. The SMILES string of the molecule is CCCN1CCC(CNC(=O)NCCc2ccc(CO)cc2)C1. The van der Waals surface area contributed by atoms with Crippen LogP contribution in [-0.4, -0.2) is 48.8 Å².